The van der Waals surface area contributed by atoms with E-state index in [1.807, 2.05) is 4.90 Å². The summed E-state index contributed by atoms with van der Waals surface area (Å²) in [5, 5.41) is 3.53. The Labute approximate surface area is 239 Å². The van der Waals surface area contributed by atoms with Crippen LogP contribution < -0.4 is 14.8 Å². The summed E-state index contributed by atoms with van der Waals surface area (Å²) < 4.78 is 17.2. The molecule has 0 aromatic heterocycles. The van der Waals surface area contributed by atoms with E-state index < -0.39 is 0 Å². The highest BCUT2D eigenvalue weighted by molar-refractivity contribution is 5.88. The van der Waals surface area contributed by atoms with Gasteiger partial charge >= 0.3 is 6.03 Å². The number of urea groups is 1. The summed E-state index contributed by atoms with van der Waals surface area (Å²) >= 11 is 0. The Hall–Kier alpha value is -2.47. The molecule has 1 aromatic carbocycles. The number of hydrogen-bond acceptors (Lipinski definition) is 4. The number of morpholine rings is 1. The first kappa shape index (κ1) is 26.4. The summed E-state index contributed by atoms with van der Waals surface area (Å²) in [4.78, 5) is 15.3. The minimum absolute atomic E-state index is 0.0804. The van der Waals surface area contributed by atoms with E-state index in [-0.39, 0.29) is 33.2 Å². The van der Waals surface area contributed by atoms with Crippen molar-refractivity contribution in [1.82, 2.24) is 10.2 Å². The van der Waals surface area contributed by atoms with Gasteiger partial charge in [0.05, 0.1) is 13.2 Å². The standard InChI is InChI=1S/C34H46N2O4/c1-22-23-7-9-32(4)25(24(23)19-26-28(22)40-21-39-26)8-10-33(5)27-20-31(3,35-29(37)36-15-17-38-18-16-36)13-11-30(27,2)12-14-34(32,33)6/h7-9,19,27H,10-18,20-21H2,1-6H3,(H,35,37)/t27-,30-,31-,32-,33+,34-/m1/s1. The molecular weight excluding hydrogens is 500 g/mol. The second-order valence-corrected chi connectivity index (χ2v) is 14.8. The minimum atomic E-state index is -0.199. The summed E-state index contributed by atoms with van der Waals surface area (Å²) in [6.07, 6.45) is 14.2. The molecule has 6 heteroatoms. The Morgan fingerprint density at radius 3 is 2.55 bits per heavy atom. The molecule has 2 aliphatic heterocycles. The number of amides is 2. The normalized spacial score (nSPS) is 41.3. The van der Waals surface area contributed by atoms with E-state index in [9.17, 15) is 4.79 Å². The first-order valence-electron chi connectivity index (χ1n) is 15.4. The fourth-order valence-electron chi connectivity index (χ4n) is 9.87. The predicted octanol–water partition coefficient (Wildman–Crippen LogP) is 6.96. The van der Waals surface area contributed by atoms with Gasteiger partial charge in [-0.25, -0.2) is 4.79 Å². The SMILES string of the molecule is Cc1c2c(cc3c1OCO3)C1=CC[C@@]3(C)[C@@H]4C[C@](C)(NC(=O)N5CCOCC5)CC[C@]4(C)CC[C@]3(C)[C@]1(C)C=C2. The Morgan fingerprint density at radius 1 is 1.02 bits per heavy atom. The number of fused-ring (bicyclic) bond motifs is 8. The number of rotatable bonds is 1. The number of ether oxygens (including phenoxy) is 3. The molecule has 0 spiro atoms. The molecule has 4 aliphatic carbocycles. The Bertz CT molecular complexity index is 1330. The smallest absolute Gasteiger partial charge is 0.317 e. The van der Waals surface area contributed by atoms with Gasteiger partial charge in [-0.05, 0) is 97.3 Å². The van der Waals surface area contributed by atoms with Gasteiger partial charge in [0.25, 0.3) is 0 Å². The highest BCUT2D eigenvalue weighted by Gasteiger charge is 2.67. The number of carbonyl (C=O) groups is 1. The summed E-state index contributed by atoms with van der Waals surface area (Å²) in [6.45, 7) is 17.6. The molecule has 1 saturated heterocycles. The lowest BCUT2D eigenvalue weighted by Gasteiger charge is -2.70. The molecule has 2 saturated carbocycles. The highest BCUT2D eigenvalue weighted by Crippen LogP contribution is 2.75. The van der Waals surface area contributed by atoms with Crippen LogP contribution in [0, 0.1) is 34.5 Å². The summed E-state index contributed by atoms with van der Waals surface area (Å²) in [5.41, 5.74) is 5.42. The van der Waals surface area contributed by atoms with Gasteiger partial charge in [0.2, 0.25) is 6.79 Å². The van der Waals surface area contributed by atoms with E-state index in [0.29, 0.717) is 39.0 Å². The van der Waals surface area contributed by atoms with Crippen molar-refractivity contribution in [1.29, 1.82) is 0 Å². The van der Waals surface area contributed by atoms with Crippen molar-refractivity contribution in [3.8, 4) is 11.5 Å². The lowest BCUT2D eigenvalue weighted by Crippen LogP contribution is -2.66. The van der Waals surface area contributed by atoms with Gasteiger partial charge in [0, 0.05) is 29.6 Å². The van der Waals surface area contributed by atoms with Crippen LogP contribution >= 0.6 is 0 Å². The van der Waals surface area contributed by atoms with Gasteiger partial charge < -0.3 is 24.4 Å². The molecule has 0 radical (unpaired) electrons. The average molecular weight is 547 g/mol. The van der Waals surface area contributed by atoms with Crippen LogP contribution in [0.15, 0.2) is 18.2 Å². The average Bonchev–Trinajstić information content (AvgIpc) is 3.41. The van der Waals surface area contributed by atoms with Gasteiger partial charge in [-0.15, -0.1) is 0 Å². The van der Waals surface area contributed by atoms with Crippen molar-refractivity contribution in [2.45, 2.75) is 85.6 Å². The maximum atomic E-state index is 13.3. The van der Waals surface area contributed by atoms with Gasteiger partial charge in [-0.1, -0.05) is 45.9 Å². The van der Waals surface area contributed by atoms with Crippen molar-refractivity contribution in [2.75, 3.05) is 33.1 Å². The largest absolute Gasteiger partial charge is 0.454 e. The van der Waals surface area contributed by atoms with Crippen LogP contribution in [0.1, 0.15) is 89.8 Å². The van der Waals surface area contributed by atoms with E-state index in [1.165, 1.54) is 35.1 Å². The zero-order chi connectivity index (χ0) is 28.1. The van der Waals surface area contributed by atoms with E-state index in [2.05, 4.69) is 71.2 Å². The fraction of sp³-hybridized carbons (Fsp3) is 0.676. The number of carbonyl (C=O) groups excluding carboxylic acids is 1. The third-order valence-corrected chi connectivity index (χ3v) is 12.9. The molecule has 1 aromatic rings. The van der Waals surface area contributed by atoms with E-state index >= 15 is 0 Å². The second kappa shape index (κ2) is 8.53. The third kappa shape index (κ3) is 3.41. The number of nitrogens with one attached hydrogen (secondary N) is 1. The fourth-order valence-corrected chi connectivity index (χ4v) is 9.87. The highest BCUT2D eigenvalue weighted by atomic mass is 16.7. The molecule has 2 heterocycles. The third-order valence-electron chi connectivity index (χ3n) is 12.9. The van der Waals surface area contributed by atoms with Crippen molar-refractivity contribution in [2.24, 2.45) is 27.6 Å². The Morgan fingerprint density at radius 2 is 1.77 bits per heavy atom. The summed E-state index contributed by atoms with van der Waals surface area (Å²) in [6, 6.07) is 2.31. The molecule has 3 fully saturated rings. The van der Waals surface area contributed by atoms with Crippen LogP contribution in [0.3, 0.4) is 0 Å². The van der Waals surface area contributed by atoms with Crippen molar-refractivity contribution >= 4 is 17.7 Å². The summed E-state index contributed by atoms with van der Waals surface area (Å²) in [7, 11) is 0. The van der Waals surface area contributed by atoms with Crippen LogP contribution in [-0.2, 0) is 4.74 Å². The molecule has 0 unspecified atom stereocenters. The van der Waals surface area contributed by atoms with Crippen molar-refractivity contribution in [3.05, 3.63) is 34.9 Å². The molecule has 216 valence electrons. The zero-order valence-corrected chi connectivity index (χ0v) is 25.2. The molecular formula is C34H46N2O4. The second-order valence-electron chi connectivity index (χ2n) is 14.8. The van der Waals surface area contributed by atoms with Crippen molar-refractivity contribution < 1.29 is 19.0 Å². The maximum absolute atomic E-state index is 13.3. The van der Waals surface area contributed by atoms with Crippen LogP contribution in [-0.4, -0.2) is 49.6 Å². The number of nitrogens with zero attached hydrogens (tertiary/aromatic N) is 1. The first-order valence-corrected chi connectivity index (χ1v) is 15.4. The molecule has 1 N–H and O–H groups in total. The van der Waals surface area contributed by atoms with Crippen LogP contribution in [0.25, 0.3) is 11.6 Å². The molecule has 6 atom stereocenters. The Balaban J connectivity index is 1.25. The zero-order valence-electron chi connectivity index (χ0n) is 25.2. The number of hydrogen-bond donors (Lipinski definition) is 1. The lowest BCUT2D eigenvalue weighted by atomic mass is 9.34. The van der Waals surface area contributed by atoms with Crippen molar-refractivity contribution in [3.63, 3.8) is 0 Å². The van der Waals surface area contributed by atoms with E-state index in [4.69, 9.17) is 14.2 Å². The van der Waals surface area contributed by atoms with Gasteiger partial charge in [-0.3, -0.25) is 0 Å². The van der Waals surface area contributed by atoms with Crippen LogP contribution in [0.2, 0.25) is 0 Å². The lowest BCUT2D eigenvalue weighted by molar-refractivity contribution is -0.171. The first-order chi connectivity index (χ1) is 18.9. The Kier molecular flexibility index (Phi) is 5.64. The number of benzene rings is 1. The topological polar surface area (TPSA) is 60.0 Å². The van der Waals surface area contributed by atoms with Crippen LogP contribution in [0.4, 0.5) is 4.79 Å². The predicted molar refractivity (Wildman–Crippen MR) is 157 cm³/mol. The van der Waals surface area contributed by atoms with Gasteiger partial charge in [0.15, 0.2) is 11.5 Å². The molecule has 2 amide bonds. The minimum Gasteiger partial charge on any atom is -0.454 e. The molecule has 6 nitrogen and oxygen atoms in total. The van der Waals surface area contributed by atoms with Gasteiger partial charge in [0.1, 0.15) is 0 Å². The molecule has 6 aliphatic rings. The molecule has 7 rings (SSSR count). The summed E-state index contributed by atoms with van der Waals surface area (Å²) in [5.74, 6) is 2.29. The quantitative estimate of drug-likeness (QED) is 0.414. The monoisotopic (exact) mass is 546 g/mol. The number of allylic oxidation sites excluding steroid dienone is 3. The molecule has 0 bridgehead atoms. The van der Waals surface area contributed by atoms with Crippen LogP contribution in [0.5, 0.6) is 11.5 Å². The molecule has 40 heavy (non-hydrogen) atoms. The van der Waals surface area contributed by atoms with E-state index in [0.717, 1.165) is 37.2 Å². The van der Waals surface area contributed by atoms with E-state index in [1.54, 1.807) is 0 Å². The van der Waals surface area contributed by atoms with Gasteiger partial charge in [-0.2, -0.15) is 0 Å². The maximum Gasteiger partial charge on any atom is 0.317 e.